The first-order valence-electron chi connectivity index (χ1n) is 17.1. The van der Waals surface area contributed by atoms with Crippen molar-refractivity contribution in [2.75, 3.05) is 0 Å². The van der Waals surface area contributed by atoms with E-state index in [1.54, 1.807) is 6.92 Å². The number of unbranched alkanes of at least 4 members (excludes halogenated alkanes) is 8. The number of carbonyl (C=O) groups excluding carboxylic acids is 2. The zero-order valence-corrected chi connectivity index (χ0v) is 27.9. The summed E-state index contributed by atoms with van der Waals surface area (Å²) in [5, 5.41) is 52.4. The molecule has 0 aromatic carbocycles. The van der Waals surface area contributed by atoms with Gasteiger partial charge in [-0.15, -0.1) is 0 Å². The van der Waals surface area contributed by atoms with Gasteiger partial charge in [0.2, 0.25) is 0 Å². The number of aliphatic hydroxyl groups is 5. The zero-order valence-electron chi connectivity index (χ0n) is 27.9. The highest BCUT2D eigenvalue weighted by atomic mass is 16.8. The van der Waals surface area contributed by atoms with E-state index in [0.29, 0.717) is 12.8 Å². The van der Waals surface area contributed by atoms with Gasteiger partial charge in [-0.05, 0) is 40.0 Å². The summed E-state index contributed by atoms with van der Waals surface area (Å²) in [6, 6.07) is 0. The summed E-state index contributed by atoms with van der Waals surface area (Å²) in [4.78, 5) is 25.1. The highest BCUT2D eigenvalue weighted by Gasteiger charge is 2.50. The van der Waals surface area contributed by atoms with Gasteiger partial charge in [0.05, 0.1) is 24.7 Å². The Morgan fingerprint density at radius 2 is 1.16 bits per heavy atom. The number of rotatable bonds is 21. The Labute approximate surface area is 268 Å². The summed E-state index contributed by atoms with van der Waals surface area (Å²) in [5.41, 5.74) is 0. The van der Waals surface area contributed by atoms with Crippen molar-refractivity contribution in [3.05, 3.63) is 0 Å². The van der Waals surface area contributed by atoms with Gasteiger partial charge in [0.15, 0.2) is 12.6 Å². The van der Waals surface area contributed by atoms with Crippen LogP contribution >= 0.6 is 0 Å². The Bertz CT molecular complexity index is 843. The molecule has 0 spiro atoms. The first-order valence-corrected chi connectivity index (χ1v) is 17.1. The molecular formula is C33H60O12. The van der Waals surface area contributed by atoms with Crippen molar-refractivity contribution in [3.63, 3.8) is 0 Å². The van der Waals surface area contributed by atoms with Crippen LogP contribution in [0.5, 0.6) is 0 Å². The van der Waals surface area contributed by atoms with Gasteiger partial charge in [0.25, 0.3) is 0 Å². The molecule has 0 radical (unpaired) electrons. The third kappa shape index (κ3) is 13.4. The summed E-state index contributed by atoms with van der Waals surface area (Å²) >= 11 is 0. The Kier molecular flexibility index (Phi) is 18.6. The number of Topliss-reactive ketones (excluding diaryl/α,β-unsaturated/α-hetero) is 1. The SMILES string of the molecule is CCCCCCCC(CC(C)=O)OC(=O)CC(CCCCCCC)O[C@@H]1OC(C)[C@H](O)[C@H](O)C1O[C@@H]1OC(C)[C@H](O)[C@H](O)C1O. The van der Waals surface area contributed by atoms with Crippen LogP contribution in [0.25, 0.3) is 0 Å². The maximum absolute atomic E-state index is 13.2. The molecule has 2 aliphatic heterocycles. The lowest BCUT2D eigenvalue weighted by atomic mass is 9.97. The zero-order chi connectivity index (χ0) is 33.5. The molecule has 2 aliphatic rings. The fourth-order valence-corrected chi connectivity index (χ4v) is 5.84. The number of carbonyl (C=O) groups is 2. The van der Waals surface area contributed by atoms with Crippen molar-refractivity contribution in [2.24, 2.45) is 0 Å². The van der Waals surface area contributed by atoms with E-state index in [1.807, 2.05) is 0 Å². The van der Waals surface area contributed by atoms with Crippen molar-refractivity contribution < 1.29 is 58.8 Å². The highest BCUT2D eigenvalue weighted by molar-refractivity contribution is 5.77. The number of esters is 1. The van der Waals surface area contributed by atoms with E-state index < -0.39 is 79.6 Å². The molecule has 0 saturated carbocycles. The van der Waals surface area contributed by atoms with E-state index in [-0.39, 0.29) is 18.6 Å². The van der Waals surface area contributed by atoms with Crippen LogP contribution in [0, 0.1) is 0 Å². The molecule has 2 rings (SSSR count). The van der Waals surface area contributed by atoms with E-state index in [9.17, 15) is 35.1 Å². The smallest absolute Gasteiger partial charge is 0.308 e. The minimum atomic E-state index is -1.65. The average Bonchev–Trinajstić information content (AvgIpc) is 2.98. The maximum Gasteiger partial charge on any atom is 0.308 e. The summed E-state index contributed by atoms with van der Waals surface area (Å²) in [6.45, 7) is 8.81. The molecule has 2 saturated heterocycles. The Balaban J connectivity index is 2.16. The first kappa shape index (κ1) is 40.0. The molecule has 0 aromatic heterocycles. The molecule has 0 aromatic rings. The molecule has 0 aliphatic carbocycles. The van der Waals surface area contributed by atoms with Gasteiger partial charge in [-0.2, -0.15) is 0 Å². The fourth-order valence-electron chi connectivity index (χ4n) is 5.84. The summed E-state index contributed by atoms with van der Waals surface area (Å²) in [7, 11) is 0. The summed E-state index contributed by atoms with van der Waals surface area (Å²) in [5.74, 6) is -0.562. The number of hydrogen-bond acceptors (Lipinski definition) is 12. The molecule has 45 heavy (non-hydrogen) atoms. The molecular weight excluding hydrogens is 588 g/mol. The van der Waals surface area contributed by atoms with Gasteiger partial charge in [0, 0.05) is 6.42 Å². The van der Waals surface area contributed by atoms with Crippen molar-refractivity contribution >= 4 is 11.8 Å². The number of ether oxygens (including phenoxy) is 5. The minimum Gasteiger partial charge on any atom is -0.462 e. The van der Waals surface area contributed by atoms with Crippen molar-refractivity contribution in [2.45, 2.75) is 198 Å². The van der Waals surface area contributed by atoms with E-state index >= 15 is 0 Å². The maximum atomic E-state index is 13.2. The van der Waals surface area contributed by atoms with Crippen LogP contribution in [0.4, 0.5) is 0 Å². The molecule has 5 N–H and O–H groups in total. The molecule has 0 amide bonds. The molecule has 12 atom stereocenters. The van der Waals surface area contributed by atoms with E-state index in [0.717, 1.165) is 64.2 Å². The molecule has 2 fully saturated rings. The molecule has 6 unspecified atom stereocenters. The number of aliphatic hydroxyl groups excluding tert-OH is 5. The van der Waals surface area contributed by atoms with Gasteiger partial charge < -0.3 is 49.2 Å². The monoisotopic (exact) mass is 648 g/mol. The Morgan fingerprint density at radius 3 is 1.71 bits per heavy atom. The molecule has 2 heterocycles. The van der Waals surface area contributed by atoms with Crippen molar-refractivity contribution in [1.82, 2.24) is 0 Å². The van der Waals surface area contributed by atoms with Crippen LogP contribution in [0.3, 0.4) is 0 Å². The standard InChI is InChI=1S/C33H60O12/c1-6-8-10-12-14-16-23(18-20(3)34)43-25(35)19-24(17-15-13-11-9-7-2)44-33-31(29(39)27(37)22(5)42-33)45-32-30(40)28(38)26(36)21(4)41-32/h21-24,26-33,36-40H,6-19H2,1-5H3/t21?,22?,23?,24?,26-,27-,28-,29-,30?,31?,32-,33-/m0/s1. The third-order valence-electron chi connectivity index (χ3n) is 8.68. The minimum absolute atomic E-state index is 0.0544. The van der Waals surface area contributed by atoms with Gasteiger partial charge >= 0.3 is 5.97 Å². The van der Waals surface area contributed by atoms with Crippen LogP contribution in [0.2, 0.25) is 0 Å². The van der Waals surface area contributed by atoms with E-state index in [2.05, 4.69) is 13.8 Å². The van der Waals surface area contributed by atoms with Crippen molar-refractivity contribution in [1.29, 1.82) is 0 Å². The van der Waals surface area contributed by atoms with Gasteiger partial charge in [-0.25, -0.2) is 0 Å². The molecule has 264 valence electrons. The lowest BCUT2D eigenvalue weighted by molar-refractivity contribution is -0.366. The van der Waals surface area contributed by atoms with Crippen LogP contribution in [-0.2, 0) is 33.3 Å². The largest absolute Gasteiger partial charge is 0.462 e. The summed E-state index contributed by atoms with van der Waals surface area (Å²) in [6.07, 6.45) is -3.28. The van der Waals surface area contributed by atoms with Crippen LogP contribution in [0.1, 0.15) is 125 Å². The predicted octanol–water partition coefficient (Wildman–Crippen LogP) is 3.05. The lowest BCUT2D eigenvalue weighted by Crippen LogP contribution is -2.63. The predicted molar refractivity (Wildman–Crippen MR) is 165 cm³/mol. The summed E-state index contributed by atoms with van der Waals surface area (Å²) < 4.78 is 29.4. The molecule has 0 bridgehead atoms. The van der Waals surface area contributed by atoms with Crippen LogP contribution < -0.4 is 0 Å². The Hall–Kier alpha value is -1.22. The van der Waals surface area contributed by atoms with Crippen LogP contribution in [-0.4, -0.2) is 111 Å². The first-order chi connectivity index (χ1) is 21.4. The van der Waals surface area contributed by atoms with Gasteiger partial charge in [-0.3, -0.25) is 9.59 Å². The second kappa shape index (κ2) is 20.9. The fraction of sp³-hybridized carbons (Fsp3) is 0.939. The quantitative estimate of drug-likeness (QED) is 0.0908. The van der Waals surface area contributed by atoms with E-state index in [4.69, 9.17) is 23.7 Å². The third-order valence-corrected chi connectivity index (χ3v) is 8.68. The second-order valence-electron chi connectivity index (χ2n) is 12.9. The second-order valence-corrected chi connectivity index (χ2v) is 12.9. The van der Waals surface area contributed by atoms with Crippen LogP contribution in [0.15, 0.2) is 0 Å². The lowest BCUT2D eigenvalue weighted by Gasteiger charge is -2.46. The normalized spacial score (nSPS) is 33.5. The highest BCUT2D eigenvalue weighted by Crippen LogP contribution is 2.31. The number of hydrogen-bond donors (Lipinski definition) is 5. The topological polar surface area (TPSA) is 181 Å². The van der Waals surface area contributed by atoms with Gasteiger partial charge in [-0.1, -0.05) is 71.6 Å². The Morgan fingerprint density at radius 1 is 0.644 bits per heavy atom. The number of ketones is 1. The van der Waals surface area contributed by atoms with Crippen molar-refractivity contribution in [3.8, 4) is 0 Å². The average molecular weight is 649 g/mol. The molecule has 12 heteroatoms. The van der Waals surface area contributed by atoms with E-state index in [1.165, 1.54) is 13.8 Å². The van der Waals surface area contributed by atoms with Gasteiger partial charge in [0.1, 0.15) is 48.5 Å². The molecule has 12 nitrogen and oxygen atoms in total.